The van der Waals surface area contributed by atoms with E-state index in [0.29, 0.717) is 6.04 Å². The first-order chi connectivity index (χ1) is 11.3. The molecule has 0 amide bonds. The lowest BCUT2D eigenvalue weighted by atomic mass is 10.0. The number of nitrogens with zero attached hydrogens (tertiary/aromatic N) is 2. The number of rotatable bonds is 6. The maximum atomic E-state index is 12.9. The van der Waals surface area contributed by atoms with Crippen LogP contribution in [0.4, 0.5) is 10.1 Å². The Labute approximate surface area is 138 Å². The Morgan fingerprint density at radius 3 is 2.22 bits per heavy atom. The number of hydrogen-bond donors (Lipinski definition) is 1. The minimum Gasteiger partial charge on any atom is -0.382 e. The van der Waals surface area contributed by atoms with Crippen molar-refractivity contribution in [1.29, 1.82) is 0 Å². The van der Waals surface area contributed by atoms with Crippen molar-refractivity contribution in [3.63, 3.8) is 0 Å². The van der Waals surface area contributed by atoms with E-state index in [1.807, 2.05) is 12.1 Å². The van der Waals surface area contributed by atoms with Crippen LogP contribution in [0.15, 0.2) is 24.3 Å². The molecule has 4 nitrogen and oxygen atoms in total. The molecule has 3 rings (SSSR count). The van der Waals surface area contributed by atoms with Crippen molar-refractivity contribution in [2.75, 3.05) is 57.8 Å². The van der Waals surface area contributed by atoms with Gasteiger partial charge in [-0.05, 0) is 56.6 Å². The summed E-state index contributed by atoms with van der Waals surface area (Å²) < 4.78 is 18.3. The first-order valence-electron chi connectivity index (χ1n) is 8.84. The standard InChI is InChI=1S/C18H28FN3O/c19-16-2-4-17(5-3-16)20-18-6-10-21(11-7-18)8-1-9-22-12-14-23-15-13-22/h2-5,18,20H,1,6-15H2. The number of hydrogen-bond acceptors (Lipinski definition) is 4. The molecule has 0 saturated carbocycles. The van der Waals surface area contributed by atoms with E-state index in [1.54, 1.807) is 0 Å². The van der Waals surface area contributed by atoms with E-state index >= 15 is 0 Å². The van der Waals surface area contributed by atoms with E-state index in [-0.39, 0.29) is 5.82 Å². The molecule has 0 atom stereocenters. The molecule has 0 bridgehead atoms. The van der Waals surface area contributed by atoms with E-state index in [0.717, 1.165) is 57.9 Å². The van der Waals surface area contributed by atoms with Crippen LogP contribution < -0.4 is 5.32 Å². The zero-order valence-electron chi connectivity index (χ0n) is 13.8. The SMILES string of the molecule is Fc1ccc(NC2CCN(CCCN3CCOCC3)CC2)cc1. The molecule has 2 saturated heterocycles. The molecule has 1 aromatic carbocycles. The summed E-state index contributed by atoms with van der Waals surface area (Å²) in [5.74, 6) is -0.175. The van der Waals surface area contributed by atoms with Crippen LogP contribution >= 0.6 is 0 Å². The van der Waals surface area contributed by atoms with Gasteiger partial charge in [-0.1, -0.05) is 0 Å². The normalized spacial score (nSPS) is 21.4. The van der Waals surface area contributed by atoms with Crippen molar-refractivity contribution in [3.05, 3.63) is 30.1 Å². The van der Waals surface area contributed by atoms with Gasteiger partial charge in [-0.2, -0.15) is 0 Å². The lowest BCUT2D eigenvalue weighted by Crippen LogP contribution is -2.41. The van der Waals surface area contributed by atoms with Gasteiger partial charge < -0.3 is 15.0 Å². The number of anilines is 1. The Balaban J connectivity index is 1.31. The van der Waals surface area contributed by atoms with Gasteiger partial charge in [-0.15, -0.1) is 0 Å². The fraction of sp³-hybridized carbons (Fsp3) is 0.667. The highest BCUT2D eigenvalue weighted by atomic mass is 19.1. The second-order valence-electron chi connectivity index (χ2n) is 6.57. The second-order valence-corrected chi connectivity index (χ2v) is 6.57. The summed E-state index contributed by atoms with van der Waals surface area (Å²) in [6.45, 7) is 8.65. The van der Waals surface area contributed by atoms with Gasteiger partial charge >= 0.3 is 0 Å². The van der Waals surface area contributed by atoms with Crippen LogP contribution in [0.25, 0.3) is 0 Å². The molecule has 0 aromatic heterocycles. The summed E-state index contributed by atoms with van der Waals surface area (Å²) in [4.78, 5) is 5.08. The van der Waals surface area contributed by atoms with Crippen LogP contribution in [0, 0.1) is 5.82 Å². The maximum absolute atomic E-state index is 12.9. The molecule has 5 heteroatoms. The summed E-state index contributed by atoms with van der Waals surface area (Å²) >= 11 is 0. The van der Waals surface area contributed by atoms with Crippen molar-refractivity contribution >= 4 is 5.69 Å². The Morgan fingerprint density at radius 2 is 1.57 bits per heavy atom. The third-order valence-corrected chi connectivity index (χ3v) is 4.85. The Hall–Kier alpha value is -1.17. The van der Waals surface area contributed by atoms with Crippen LogP contribution in [-0.2, 0) is 4.74 Å². The Morgan fingerprint density at radius 1 is 0.957 bits per heavy atom. The average Bonchev–Trinajstić information content (AvgIpc) is 2.59. The molecule has 0 spiro atoms. The molecule has 2 aliphatic rings. The lowest BCUT2D eigenvalue weighted by molar-refractivity contribution is 0.0358. The summed E-state index contributed by atoms with van der Waals surface area (Å²) in [5, 5.41) is 3.52. The third-order valence-electron chi connectivity index (χ3n) is 4.85. The number of likely N-dealkylation sites (tertiary alicyclic amines) is 1. The molecular weight excluding hydrogens is 293 g/mol. The van der Waals surface area contributed by atoms with Crippen LogP contribution in [0.5, 0.6) is 0 Å². The van der Waals surface area contributed by atoms with Gasteiger partial charge in [-0.25, -0.2) is 4.39 Å². The first kappa shape index (κ1) is 16.7. The Kier molecular flexibility index (Phi) is 6.25. The molecule has 2 fully saturated rings. The number of halogens is 1. The molecule has 0 unspecified atom stereocenters. The van der Waals surface area contributed by atoms with Crippen LogP contribution in [-0.4, -0.2) is 68.3 Å². The molecule has 128 valence electrons. The summed E-state index contributed by atoms with van der Waals surface area (Å²) in [6.07, 6.45) is 3.57. The van der Waals surface area contributed by atoms with E-state index in [4.69, 9.17) is 4.74 Å². The van der Waals surface area contributed by atoms with Gasteiger partial charge in [0.15, 0.2) is 0 Å². The predicted octanol–water partition coefficient (Wildman–Crippen LogP) is 2.42. The topological polar surface area (TPSA) is 27.7 Å². The monoisotopic (exact) mass is 321 g/mol. The van der Waals surface area contributed by atoms with Crippen molar-refractivity contribution in [1.82, 2.24) is 9.80 Å². The molecule has 2 aliphatic heterocycles. The van der Waals surface area contributed by atoms with E-state index in [1.165, 1.54) is 31.6 Å². The predicted molar refractivity (Wildman–Crippen MR) is 91.4 cm³/mol. The summed E-state index contributed by atoms with van der Waals surface area (Å²) in [5.41, 5.74) is 1.03. The van der Waals surface area contributed by atoms with Crippen molar-refractivity contribution in [2.24, 2.45) is 0 Å². The maximum Gasteiger partial charge on any atom is 0.123 e. The largest absolute Gasteiger partial charge is 0.382 e. The molecular formula is C18H28FN3O. The number of ether oxygens (including phenoxy) is 1. The first-order valence-corrected chi connectivity index (χ1v) is 8.84. The summed E-state index contributed by atoms with van der Waals surface area (Å²) in [7, 11) is 0. The van der Waals surface area contributed by atoms with E-state index in [9.17, 15) is 4.39 Å². The molecule has 0 aliphatic carbocycles. The zero-order valence-corrected chi connectivity index (χ0v) is 13.8. The van der Waals surface area contributed by atoms with E-state index in [2.05, 4.69) is 15.1 Å². The quantitative estimate of drug-likeness (QED) is 0.871. The minimum absolute atomic E-state index is 0.175. The average molecular weight is 321 g/mol. The highest BCUT2D eigenvalue weighted by Gasteiger charge is 2.19. The number of benzene rings is 1. The van der Waals surface area contributed by atoms with Crippen LogP contribution in [0.1, 0.15) is 19.3 Å². The highest BCUT2D eigenvalue weighted by molar-refractivity contribution is 5.43. The van der Waals surface area contributed by atoms with Gasteiger partial charge in [0.1, 0.15) is 5.82 Å². The van der Waals surface area contributed by atoms with E-state index < -0.39 is 0 Å². The minimum atomic E-state index is -0.175. The van der Waals surface area contributed by atoms with Gasteiger partial charge in [0.25, 0.3) is 0 Å². The lowest BCUT2D eigenvalue weighted by Gasteiger charge is -2.33. The van der Waals surface area contributed by atoms with Gasteiger partial charge in [0.2, 0.25) is 0 Å². The smallest absolute Gasteiger partial charge is 0.123 e. The van der Waals surface area contributed by atoms with Gasteiger partial charge in [0, 0.05) is 37.9 Å². The third kappa shape index (κ3) is 5.44. The fourth-order valence-electron chi connectivity index (χ4n) is 3.43. The molecule has 1 N–H and O–H groups in total. The van der Waals surface area contributed by atoms with Gasteiger partial charge in [-0.3, -0.25) is 4.90 Å². The molecule has 0 radical (unpaired) electrons. The fourth-order valence-corrected chi connectivity index (χ4v) is 3.43. The van der Waals surface area contributed by atoms with Gasteiger partial charge in [0.05, 0.1) is 13.2 Å². The Bertz CT molecular complexity index is 454. The van der Waals surface area contributed by atoms with Crippen molar-refractivity contribution in [2.45, 2.75) is 25.3 Å². The molecule has 1 aromatic rings. The number of nitrogens with one attached hydrogen (secondary N) is 1. The molecule has 2 heterocycles. The van der Waals surface area contributed by atoms with Crippen LogP contribution in [0.3, 0.4) is 0 Å². The van der Waals surface area contributed by atoms with Crippen LogP contribution in [0.2, 0.25) is 0 Å². The highest BCUT2D eigenvalue weighted by Crippen LogP contribution is 2.17. The second kappa shape index (κ2) is 8.62. The number of morpholine rings is 1. The number of piperidine rings is 1. The summed E-state index contributed by atoms with van der Waals surface area (Å²) in [6, 6.07) is 7.19. The zero-order chi connectivity index (χ0) is 15.9. The molecule has 23 heavy (non-hydrogen) atoms. The van der Waals surface area contributed by atoms with Crippen molar-refractivity contribution < 1.29 is 9.13 Å². The van der Waals surface area contributed by atoms with Crippen molar-refractivity contribution in [3.8, 4) is 0 Å².